The Hall–Kier alpha value is -2.19. The smallest absolute Gasteiger partial charge is 0.159 e. The molecule has 3 aliphatic rings. The lowest BCUT2D eigenvalue weighted by molar-refractivity contribution is -0.0744. The monoisotopic (exact) mass is 413 g/mol. The highest BCUT2D eigenvalue weighted by Crippen LogP contribution is 2.41. The van der Waals surface area contributed by atoms with Crippen molar-refractivity contribution in [1.29, 1.82) is 0 Å². The minimum atomic E-state index is -0.192. The molecule has 8 heteroatoms. The zero-order valence-electron chi connectivity index (χ0n) is 17.9. The van der Waals surface area contributed by atoms with Gasteiger partial charge in [-0.1, -0.05) is 5.16 Å². The number of pyridine rings is 1. The van der Waals surface area contributed by atoms with E-state index in [1.165, 1.54) is 0 Å². The first-order valence-electron chi connectivity index (χ1n) is 11.2. The summed E-state index contributed by atoms with van der Waals surface area (Å²) in [6, 6.07) is 0.377. The summed E-state index contributed by atoms with van der Waals surface area (Å²) in [6.45, 7) is 4.47. The van der Waals surface area contributed by atoms with Crippen LogP contribution in [0.15, 0.2) is 17.5 Å². The van der Waals surface area contributed by atoms with Crippen molar-refractivity contribution in [2.75, 3.05) is 25.6 Å². The van der Waals surface area contributed by atoms with Crippen LogP contribution in [0.3, 0.4) is 0 Å². The highest BCUT2D eigenvalue weighted by atomic mass is 16.7. The van der Waals surface area contributed by atoms with Gasteiger partial charge in [0.05, 0.1) is 29.1 Å². The summed E-state index contributed by atoms with van der Waals surface area (Å²) in [6.07, 6.45) is 11.0. The van der Waals surface area contributed by atoms with Gasteiger partial charge in [-0.25, -0.2) is 9.67 Å². The van der Waals surface area contributed by atoms with Gasteiger partial charge in [-0.15, -0.1) is 0 Å². The molecule has 1 saturated carbocycles. The molecule has 2 fully saturated rings. The molecule has 0 unspecified atom stereocenters. The van der Waals surface area contributed by atoms with E-state index in [9.17, 15) is 0 Å². The molecule has 1 N–H and O–H groups in total. The zero-order chi connectivity index (χ0) is 20.6. The molecule has 0 aromatic carbocycles. The van der Waals surface area contributed by atoms with Gasteiger partial charge in [0.15, 0.2) is 5.65 Å². The van der Waals surface area contributed by atoms with Gasteiger partial charge >= 0.3 is 0 Å². The zero-order valence-corrected chi connectivity index (χ0v) is 17.9. The molecule has 8 nitrogen and oxygen atoms in total. The Balaban J connectivity index is 1.45. The molecule has 0 bridgehead atoms. The van der Waals surface area contributed by atoms with E-state index in [0.29, 0.717) is 12.1 Å². The van der Waals surface area contributed by atoms with Gasteiger partial charge in [0, 0.05) is 51.1 Å². The first kappa shape index (κ1) is 19.8. The van der Waals surface area contributed by atoms with Crippen molar-refractivity contribution in [2.45, 2.75) is 76.2 Å². The molecule has 2 aromatic rings. The third-order valence-corrected chi connectivity index (χ3v) is 6.86. The summed E-state index contributed by atoms with van der Waals surface area (Å²) in [5.41, 5.74) is 3.82. The molecular weight excluding hydrogens is 382 g/mol. The van der Waals surface area contributed by atoms with Gasteiger partial charge < -0.3 is 19.6 Å². The van der Waals surface area contributed by atoms with Crippen LogP contribution in [-0.2, 0) is 20.9 Å². The fourth-order valence-corrected chi connectivity index (χ4v) is 4.97. The minimum absolute atomic E-state index is 0.192. The molecule has 1 saturated heterocycles. The molecule has 1 aliphatic carbocycles. The van der Waals surface area contributed by atoms with Crippen LogP contribution in [0, 0.1) is 0 Å². The highest BCUT2D eigenvalue weighted by molar-refractivity contribution is 6.10. The fraction of sp³-hybridized carbons (Fsp3) is 0.682. The number of nitrogens with zero attached hydrogens (tertiary/aromatic N) is 4. The van der Waals surface area contributed by atoms with Crippen LogP contribution in [0.4, 0.5) is 5.69 Å². The molecule has 4 heterocycles. The van der Waals surface area contributed by atoms with Crippen LogP contribution in [0.1, 0.15) is 57.4 Å². The molecule has 0 amide bonds. The molecule has 30 heavy (non-hydrogen) atoms. The standard InChI is InChI=1S/C22H31N5O3/c1-3-27-21-18(14-24-27)20(25-15-6-10-29-11-7-15)17(13-23-21)19-12-22(30-26-19)8-4-16(28-2)5-9-22/h13-16H,3-12H2,1-2H3,(H,23,25). The number of aromatic nitrogens is 3. The quantitative estimate of drug-likeness (QED) is 0.808. The van der Waals surface area contributed by atoms with Crippen molar-refractivity contribution in [3.63, 3.8) is 0 Å². The first-order chi connectivity index (χ1) is 14.7. The topological polar surface area (TPSA) is 82.8 Å². The van der Waals surface area contributed by atoms with E-state index >= 15 is 0 Å². The van der Waals surface area contributed by atoms with Gasteiger partial charge in [0.1, 0.15) is 5.60 Å². The largest absolute Gasteiger partial charge is 0.389 e. The van der Waals surface area contributed by atoms with E-state index in [1.807, 2.05) is 17.1 Å². The van der Waals surface area contributed by atoms with Crippen LogP contribution < -0.4 is 5.32 Å². The van der Waals surface area contributed by atoms with Crippen LogP contribution in [-0.4, -0.2) is 58.5 Å². The third kappa shape index (κ3) is 3.56. The lowest BCUT2D eigenvalue weighted by Gasteiger charge is -2.34. The number of rotatable bonds is 5. The van der Waals surface area contributed by atoms with E-state index in [1.54, 1.807) is 7.11 Å². The van der Waals surface area contributed by atoms with Crippen LogP contribution in [0.25, 0.3) is 11.0 Å². The predicted octanol–water partition coefficient (Wildman–Crippen LogP) is 3.49. The average molecular weight is 414 g/mol. The summed E-state index contributed by atoms with van der Waals surface area (Å²) < 4.78 is 13.0. The van der Waals surface area contributed by atoms with Crippen molar-refractivity contribution in [3.05, 3.63) is 18.0 Å². The fourth-order valence-electron chi connectivity index (χ4n) is 4.97. The SMILES string of the molecule is CCn1ncc2c(NC3CCOCC3)c(C3=NOC4(CCC(OC)CC4)C3)cnc21. The number of anilines is 1. The summed E-state index contributed by atoms with van der Waals surface area (Å²) in [4.78, 5) is 10.8. The number of hydrogen-bond donors (Lipinski definition) is 1. The van der Waals surface area contributed by atoms with Gasteiger partial charge in [-0.3, -0.25) is 0 Å². The van der Waals surface area contributed by atoms with E-state index in [-0.39, 0.29) is 5.60 Å². The van der Waals surface area contributed by atoms with Crippen molar-refractivity contribution < 1.29 is 14.3 Å². The van der Waals surface area contributed by atoms with Gasteiger partial charge in [0.2, 0.25) is 0 Å². The van der Waals surface area contributed by atoms with Crippen LogP contribution in [0.2, 0.25) is 0 Å². The normalized spacial score (nSPS) is 27.4. The molecular formula is C22H31N5O3. The van der Waals surface area contributed by atoms with Crippen molar-refractivity contribution >= 4 is 22.4 Å². The maximum absolute atomic E-state index is 6.06. The number of aryl methyl sites for hydroxylation is 1. The Morgan fingerprint density at radius 2 is 2.00 bits per heavy atom. The molecule has 2 aromatic heterocycles. The second kappa shape index (κ2) is 8.15. The third-order valence-electron chi connectivity index (χ3n) is 6.86. The Kier molecular flexibility index (Phi) is 5.37. The summed E-state index contributed by atoms with van der Waals surface area (Å²) in [5, 5.41) is 13.9. The summed E-state index contributed by atoms with van der Waals surface area (Å²) in [5.74, 6) is 0. The molecule has 0 radical (unpaired) electrons. The highest BCUT2D eigenvalue weighted by Gasteiger charge is 2.43. The number of ether oxygens (including phenoxy) is 2. The molecule has 0 atom stereocenters. The second-order valence-corrected chi connectivity index (χ2v) is 8.70. The van der Waals surface area contributed by atoms with Crippen molar-refractivity contribution in [1.82, 2.24) is 14.8 Å². The number of nitrogens with one attached hydrogen (secondary N) is 1. The Labute approximate surface area is 177 Å². The Morgan fingerprint density at radius 3 is 2.73 bits per heavy atom. The Morgan fingerprint density at radius 1 is 1.20 bits per heavy atom. The van der Waals surface area contributed by atoms with Crippen molar-refractivity contribution in [2.24, 2.45) is 5.16 Å². The van der Waals surface area contributed by atoms with Crippen LogP contribution in [0.5, 0.6) is 0 Å². The van der Waals surface area contributed by atoms with Crippen molar-refractivity contribution in [3.8, 4) is 0 Å². The van der Waals surface area contributed by atoms with Crippen LogP contribution >= 0.6 is 0 Å². The molecule has 5 rings (SSSR count). The second-order valence-electron chi connectivity index (χ2n) is 8.70. The number of hydrogen-bond acceptors (Lipinski definition) is 7. The maximum atomic E-state index is 6.06. The summed E-state index contributed by atoms with van der Waals surface area (Å²) >= 11 is 0. The van der Waals surface area contributed by atoms with E-state index in [0.717, 1.165) is 92.7 Å². The predicted molar refractivity (Wildman–Crippen MR) is 115 cm³/mol. The van der Waals surface area contributed by atoms with Gasteiger partial charge in [-0.05, 0) is 45.4 Å². The number of fused-ring (bicyclic) bond motifs is 1. The van der Waals surface area contributed by atoms with E-state index in [2.05, 4.69) is 22.5 Å². The molecule has 1 spiro atoms. The molecule has 2 aliphatic heterocycles. The van der Waals surface area contributed by atoms with Gasteiger partial charge in [-0.2, -0.15) is 5.10 Å². The number of oxime groups is 1. The van der Waals surface area contributed by atoms with E-state index in [4.69, 9.17) is 19.3 Å². The number of methoxy groups -OCH3 is 1. The van der Waals surface area contributed by atoms with Gasteiger partial charge in [0.25, 0.3) is 0 Å². The Bertz CT molecular complexity index is 926. The molecule has 162 valence electrons. The lowest BCUT2D eigenvalue weighted by atomic mass is 9.79. The minimum Gasteiger partial charge on any atom is -0.389 e. The summed E-state index contributed by atoms with van der Waals surface area (Å²) in [7, 11) is 1.80. The first-order valence-corrected chi connectivity index (χ1v) is 11.2. The van der Waals surface area contributed by atoms with E-state index < -0.39 is 0 Å². The average Bonchev–Trinajstić information content (AvgIpc) is 3.40. The maximum Gasteiger partial charge on any atom is 0.159 e. The lowest BCUT2D eigenvalue weighted by Crippen LogP contribution is -2.36.